The number of unbranched alkanes of at least 4 members (excludes halogenated alkanes) is 36. The van der Waals surface area contributed by atoms with Crippen molar-refractivity contribution in [2.75, 3.05) is 31.3 Å². The van der Waals surface area contributed by atoms with Crippen LogP contribution in [-0.2, 0) is 38.2 Å². The summed E-state index contributed by atoms with van der Waals surface area (Å²) in [6, 6.07) is -3.29. The molecule has 0 aliphatic carbocycles. The number of carboxylic acid groups (broad SMARTS) is 3. The SMILES string of the molecule is CCCCCCCCCCCCCCCC(=O)N[C@@H](CSCC(COC(=O)CCCCCCCCCCCCCCC)OC(=O)CCCCCCCCCCCCCCC)C(=O)O.N[C@@H](CO)C(=O)O.N[C@@H](CO)C(=O)O. The van der Waals surface area contributed by atoms with Crippen LogP contribution in [0.4, 0.5) is 0 Å². The molecule has 0 aliphatic heterocycles. The summed E-state index contributed by atoms with van der Waals surface area (Å²) in [6.45, 7) is 5.71. The predicted octanol–water partition coefficient (Wildman–Crippen LogP) is 13.0. The Balaban J connectivity index is -0.00000340. The minimum absolute atomic E-state index is 0.0439. The van der Waals surface area contributed by atoms with Gasteiger partial charge in [-0.1, -0.05) is 252 Å². The zero-order chi connectivity index (χ0) is 57.8. The largest absolute Gasteiger partial charge is 0.480 e. The van der Waals surface area contributed by atoms with Crippen molar-refractivity contribution < 1.29 is 63.8 Å². The van der Waals surface area contributed by atoms with Crippen molar-refractivity contribution in [3.63, 3.8) is 0 Å². The molecule has 0 aliphatic rings. The Bertz CT molecular complexity index is 1340. The lowest BCUT2D eigenvalue weighted by molar-refractivity contribution is -0.157. The molecule has 4 atom stereocenters. The molecule has 0 rings (SSSR count). The number of nitrogens with one attached hydrogen (secondary N) is 1. The Labute approximate surface area is 472 Å². The van der Waals surface area contributed by atoms with E-state index in [0.29, 0.717) is 19.3 Å². The van der Waals surface area contributed by atoms with Gasteiger partial charge in [-0.15, -0.1) is 0 Å². The molecule has 0 radical (unpaired) electrons. The van der Waals surface area contributed by atoms with Crippen LogP contribution in [0.15, 0.2) is 0 Å². The second-order valence-corrected chi connectivity index (χ2v) is 22.1. The number of esters is 2. The quantitative estimate of drug-likeness (QED) is 0.0207. The van der Waals surface area contributed by atoms with E-state index in [-0.39, 0.29) is 36.0 Å². The second kappa shape index (κ2) is 62.2. The van der Waals surface area contributed by atoms with Gasteiger partial charge in [0, 0.05) is 30.8 Å². The summed E-state index contributed by atoms with van der Waals surface area (Å²) >= 11 is 1.30. The standard InChI is InChI=1S/C54H103NO7S.2C3H7NO3/c1-4-7-10-13-16-19-22-25-28-31-34-37-40-43-51(56)55-50(54(59)60)48-63-47-49(62-53(58)45-42-39-36-33-30-27-24-21-18-15-12-9-6-3)46-61-52(57)44-41-38-35-32-29-26-23-20-17-14-11-8-5-2;2*4-2(1-5)3(6)7/h49-50H,4-48H2,1-3H3,(H,55,56)(H,59,60);2*2,5H,1,4H2,(H,6,7)/t49?,50-;2*2-/m000/s1. The molecule has 1 unspecified atom stereocenters. The van der Waals surface area contributed by atoms with E-state index in [1.54, 1.807) is 0 Å². The van der Waals surface area contributed by atoms with Gasteiger partial charge in [-0.25, -0.2) is 4.79 Å². The molecular formula is C60H117N3O13S. The van der Waals surface area contributed by atoms with Gasteiger partial charge in [0.15, 0.2) is 0 Å². The molecule has 77 heavy (non-hydrogen) atoms. The Hall–Kier alpha value is -2.99. The highest BCUT2D eigenvalue weighted by Gasteiger charge is 2.23. The minimum Gasteiger partial charge on any atom is -0.480 e. The molecule has 10 N–H and O–H groups in total. The number of hydrogen-bond donors (Lipinski definition) is 8. The zero-order valence-corrected chi connectivity index (χ0v) is 49.9. The van der Waals surface area contributed by atoms with E-state index < -0.39 is 55.4 Å². The predicted molar refractivity (Wildman–Crippen MR) is 314 cm³/mol. The number of aliphatic hydroxyl groups is 2. The van der Waals surface area contributed by atoms with Crippen molar-refractivity contribution in [1.82, 2.24) is 5.32 Å². The number of ether oxygens (including phenoxy) is 2. The van der Waals surface area contributed by atoms with Crippen molar-refractivity contribution >= 4 is 47.5 Å². The first-order chi connectivity index (χ1) is 37.2. The maximum absolute atomic E-state index is 12.9. The van der Waals surface area contributed by atoms with Crippen LogP contribution in [0.1, 0.15) is 290 Å². The number of thioether (sulfide) groups is 1. The maximum Gasteiger partial charge on any atom is 0.327 e. The molecule has 0 saturated heterocycles. The van der Waals surface area contributed by atoms with Gasteiger partial charge in [0.05, 0.1) is 13.2 Å². The molecule has 17 heteroatoms. The fraction of sp³-hybridized carbons (Fsp3) is 0.900. The van der Waals surface area contributed by atoms with E-state index in [0.717, 1.165) is 57.8 Å². The lowest BCUT2D eigenvalue weighted by atomic mass is 10.0. The van der Waals surface area contributed by atoms with Gasteiger partial charge >= 0.3 is 29.8 Å². The van der Waals surface area contributed by atoms with Crippen molar-refractivity contribution in [3.05, 3.63) is 0 Å². The van der Waals surface area contributed by atoms with Gasteiger partial charge in [-0.05, 0) is 19.3 Å². The van der Waals surface area contributed by atoms with Crippen LogP contribution in [-0.4, -0.2) is 117 Å². The molecule has 0 aromatic heterocycles. The fourth-order valence-electron chi connectivity index (χ4n) is 8.41. The van der Waals surface area contributed by atoms with Crippen LogP contribution in [0, 0.1) is 0 Å². The van der Waals surface area contributed by atoms with Gasteiger partial charge in [-0.2, -0.15) is 11.8 Å². The number of carbonyl (C=O) groups excluding carboxylic acids is 3. The number of carbonyl (C=O) groups is 6. The zero-order valence-electron chi connectivity index (χ0n) is 49.1. The average molecular weight is 1120 g/mol. The lowest BCUT2D eigenvalue weighted by Gasteiger charge is -2.19. The van der Waals surface area contributed by atoms with Crippen LogP contribution in [0.2, 0.25) is 0 Å². The molecule has 0 bridgehead atoms. The van der Waals surface area contributed by atoms with Gasteiger partial charge in [-0.3, -0.25) is 24.0 Å². The van der Waals surface area contributed by atoms with Crippen molar-refractivity contribution in [3.8, 4) is 0 Å². The smallest absolute Gasteiger partial charge is 0.327 e. The molecular weight excluding hydrogens is 1000 g/mol. The normalized spacial score (nSPS) is 12.5. The highest BCUT2D eigenvalue weighted by Crippen LogP contribution is 2.18. The van der Waals surface area contributed by atoms with E-state index in [1.807, 2.05) is 0 Å². The van der Waals surface area contributed by atoms with E-state index >= 15 is 0 Å². The van der Waals surface area contributed by atoms with E-state index in [2.05, 4.69) is 26.1 Å². The van der Waals surface area contributed by atoms with Crippen LogP contribution >= 0.6 is 11.8 Å². The Morgan fingerprint density at radius 2 is 0.688 bits per heavy atom. The van der Waals surface area contributed by atoms with Crippen LogP contribution in [0.25, 0.3) is 0 Å². The second-order valence-electron chi connectivity index (χ2n) is 21.0. The highest BCUT2D eigenvalue weighted by atomic mass is 32.2. The first-order valence-corrected chi connectivity index (χ1v) is 32.0. The molecule has 16 nitrogen and oxygen atoms in total. The summed E-state index contributed by atoms with van der Waals surface area (Å²) in [6.07, 6.45) is 48.4. The van der Waals surface area contributed by atoms with Crippen molar-refractivity contribution in [1.29, 1.82) is 0 Å². The summed E-state index contributed by atoms with van der Waals surface area (Å²) in [5.41, 5.74) is 9.53. The van der Waals surface area contributed by atoms with Crippen LogP contribution < -0.4 is 16.8 Å². The number of hydrogen-bond acceptors (Lipinski definition) is 13. The number of aliphatic carboxylic acids is 3. The van der Waals surface area contributed by atoms with Crippen molar-refractivity contribution in [2.24, 2.45) is 11.5 Å². The molecule has 0 aromatic rings. The highest BCUT2D eigenvalue weighted by molar-refractivity contribution is 7.99. The fourth-order valence-corrected chi connectivity index (χ4v) is 9.44. The van der Waals surface area contributed by atoms with Crippen molar-refractivity contribution in [2.45, 2.75) is 315 Å². The van der Waals surface area contributed by atoms with E-state index in [1.165, 1.54) is 204 Å². The van der Waals surface area contributed by atoms with Crippen LogP contribution in [0.5, 0.6) is 0 Å². The Kier molecular flexibility index (Phi) is 63.2. The van der Waals surface area contributed by atoms with Gasteiger partial charge in [0.25, 0.3) is 0 Å². The summed E-state index contributed by atoms with van der Waals surface area (Å²) in [5.74, 6) is -3.85. The molecule has 0 aromatic carbocycles. The number of amides is 1. The monoisotopic (exact) mass is 1120 g/mol. The molecule has 0 saturated carbocycles. The molecule has 0 heterocycles. The first-order valence-electron chi connectivity index (χ1n) is 30.8. The number of nitrogens with two attached hydrogens (primary N) is 2. The summed E-state index contributed by atoms with van der Waals surface area (Å²) in [7, 11) is 0. The topological polar surface area (TPSA) is 286 Å². The van der Waals surface area contributed by atoms with Crippen LogP contribution in [0.3, 0.4) is 0 Å². The summed E-state index contributed by atoms with van der Waals surface area (Å²) in [4.78, 5) is 69.6. The molecule has 1 amide bonds. The molecule has 456 valence electrons. The summed E-state index contributed by atoms with van der Waals surface area (Å²) in [5, 5.41) is 44.4. The third kappa shape index (κ3) is 62.1. The lowest BCUT2D eigenvalue weighted by Crippen LogP contribution is -2.42. The van der Waals surface area contributed by atoms with E-state index in [4.69, 9.17) is 41.4 Å². The number of rotatable bonds is 55. The molecule has 0 spiro atoms. The minimum atomic E-state index is -1.18. The molecule has 0 fully saturated rings. The third-order valence-corrected chi connectivity index (χ3v) is 14.6. The van der Waals surface area contributed by atoms with Gasteiger partial charge < -0.3 is 51.8 Å². The maximum atomic E-state index is 12.9. The first kappa shape index (κ1) is 78.2. The summed E-state index contributed by atoms with van der Waals surface area (Å²) < 4.78 is 11.4. The van der Waals surface area contributed by atoms with E-state index in [9.17, 15) is 33.9 Å². The number of carboxylic acids is 3. The van der Waals surface area contributed by atoms with Gasteiger partial charge in [0.2, 0.25) is 5.91 Å². The Morgan fingerprint density at radius 3 is 0.961 bits per heavy atom. The number of aliphatic hydroxyl groups excluding tert-OH is 2. The van der Waals surface area contributed by atoms with Gasteiger partial charge in [0.1, 0.15) is 30.8 Å². The average Bonchev–Trinajstić information content (AvgIpc) is 3.41. The third-order valence-electron chi connectivity index (χ3n) is 13.5. The Morgan fingerprint density at radius 1 is 0.403 bits per heavy atom.